The van der Waals surface area contributed by atoms with Crippen LogP contribution >= 0.6 is 27.5 Å². The van der Waals surface area contributed by atoms with Crippen molar-refractivity contribution in [2.45, 2.75) is 18.7 Å². The number of nitrogens with one attached hydrogen (secondary N) is 1. The molecule has 0 aliphatic rings. The van der Waals surface area contributed by atoms with E-state index in [1.54, 1.807) is 50.2 Å². The molecule has 0 aliphatic carbocycles. The van der Waals surface area contributed by atoms with E-state index in [0.29, 0.717) is 22.0 Å². The molecule has 166 valence electrons. The third kappa shape index (κ3) is 5.76. The largest absolute Gasteiger partial charge is 0.271 e. The predicted molar refractivity (Wildman–Crippen MR) is 132 cm³/mol. The molecule has 0 atom stereocenters. The molecule has 0 aliphatic heterocycles. The minimum absolute atomic E-state index is 0.0803. The van der Waals surface area contributed by atoms with Crippen LogP contribution < -0.4 is 9.73 Å². The molecule has 3 rings (SSSR count). The van der Waals surface area contributed by atoms with Crippen LogP contribution in [0.1, 0.15) is 18.1 Å². The van der Waals surface area contributed by atoms with Crippen LogP contribution in [0.3, 0.4) is 0 Å². The Morgan fingerprint density at radius 1 is 1.06 bits per heavy atom. The average molecular weight is 535 g/mol. The van der Waals surface area contributed by atoms with Crippen molar-refractivity contribution >= 4 is 54.9 Å². The fourth-order valence-corrected chi connectivity index (χ4v) is 4.98. The van der Waals surface area contributed by atoms with Gasteiger partial charge in [0.15, 0.2) is 0 Å². The zero-order valence-electron chi connectivity index (χ0n) is 17.4. The number of hydrogen-bond acceptors (Lipinski definition) is 4. The van der Waals surface area contributed by atoms with Crippen LogP contribution in [0.5, 0.6) is 0 Å². The van der Waals surface area contributed by atoms with E-state index in [9.17, 15) is 13.2 Å². The van der Waals surface area contributed by atoms with Gasteiger partial charge in [-0.1, -0.05) is 57.9 Å². The molecule has 0 aromatic heterocycles. The lowest BCUT2D eigenvalue weighted by Crippen LogP contribution is -2.40. The Morgan fingerprint density at radius 2 is 1.72 bits per heavy atom. The van der Waals surface area contributed by atoms with E-state index in [0.717, 1.165) is 14.3 Å². The van der Waals surface area contributed by atoms with Crippen LogP contribution in [0.25, 0.3) is 0 Å². The topological polar surface area (TPSA) is 78.8 Å². The third-order valence-corrected chi connectivity index (χ3v) is 7.19. The van der Waals surface area contributed by atoms with Crippen molar-refractivity contribution in [2.24, 2.45) is 5.10 Å². The summed E-state index contributed by atoms with van der Waals surface area (Å²) in [6.45, 7) is 3.05. The summed E-state index contributed by atoms with van der Waals surface area (Å²) in [4.78, 5) is 12.8. The lowest BCUT2D eigenvalue weighted by Gasteiger charge is -2.25. The Bertz CT molecular complexity index is 1250. The second-order valence-corrected chi connectivity index (χ2v) is 10.2. The van der Waals surface area contributed by atoms with E-state index in [-0.39, 0.29) is 4.90 Å². The van der Waals surface area contributed by atoms with Gasteiger partial charge in [-0.3, -0.25) is 9.10 Å². The summed E-state index contributed by atoms with van der Waals surface area (Å²) >= 11 is 9.42. The Kier molecular flexibility index (Phi) is 7.71. The van der Waals surface area contributed by atoms with Gasteiger partial charge in [-0.15, -0.1) is 0 Å². The average Bonchev–Trinajstić information content (AvgIpc) is 2.77. The number of benzene rings is 3. The fourth-order valence-electron chi connectivity index (χ4n) is 2.99. The first-order chi connectivity index (χ1) is 15.2. The highest BCUT2D eigenvalue weighted by Crippen LogP contribution is 2.28. The van der Waals surface area contributed by atoms with Gasteiger partial charge in [0.2, 0.25) is 0 Å². The van der Waals surface area contributed by atoms with E-state index >= 15 is 0 Å². The first-order valence-electron chi connectivity index (χ1n) is 9.61. The summed E-state index contributed by atoms with van der Waals surface area (Å²) in [6.07, 6.45) is 0. The maximum Gasteiger partial charge on any atom is 0.264 e. The molecule has 9 heteroatoms. The number of hydrogen-bond donors (Lipinski definition) is 1. The molecule has 1 amide bonds. The molecule has 0 radical (unpaired) electrons. The van der Waals surface area contributed by atoms with Crippen LogP contribution in [-0.2, 0) is 14.8 Å². The molecule has 0 bridgehead atoms. The lowest BCUT2D eigenvalue weighted by molar-refractivity contribution is -0.119. The SMILES string of the molecule is C/C(=N/NC(=O)CN(c1ccc(Cl)cc1C)S(=O)(=O)c1ccccc1)c1ccc(Br)cc1. The number of carbonyl (C=O) groups excluding carboxylic acids is 1. The van der Waals surface area contributed by atoms with E-state index < -0.39 is 22.5 Å². The molecule has 0 saturated heterocycles. The number of aryl methyl sites for hydroxylation is 1. The summed E-state index contributed by atoms with van der Waals surface area (Å²) in [5, 5.41) is 4.60. The van der Waals surface area contributed by atoms with Gasteiger partial charge in [0.05, 0.1) is 16.3 Å². The quantitative estimate of drug-likeness (QED) is 0.336. The van der Waals surface area contributed by atoms with E-state index in [1.807, 2.05) is 24.3 Å². The predicted octanol–water partition coefficient (Wildman–Crippen LogP) is 5.15. The van der Waals surface area contributed by atoms with Crippen molar-refractivity contribution in [1.82, 2.24) is 5.43 Å². The highest BCUT2D eigenvalue weighted by atomic mass is 79.9. The molecular formula is C23H21BrClN3O3S. The highest BCUT2D eigenvalue weighted by Gasteiger charge is 2.28. The molecule has 0 spiro atoms. The van der Waals surface area contributed by atoms with Crippen LogP contribution in [0.15, 0.2) is 87.3 Å². The molecule has 0 saturated carbocycles. The van der Waals surface area contributed by atoms with Gasteiger partial charge in [0, 0.05) is 9.50 Å². The molecule has 3 aromatic carbocycles. The maximum atomic E-state index is 13.4. The number of hydrazone groups is 1. The minimum atomic E-state index is -4.00. The first kappa shape index (κ1) is 24.0. The fraction of sp³-hybridized carbons (Fsp3) is 0.130. The summed E-state index contributed by atoms with van der Waals surface area (Å²) in [6, 6.07) is 20.2. The maximum absolute atomic E-state index is 13.4. The molecule has 6 nitrogen and oxygen atoms in total. The monoisotopic (exact) mass is 533 g/mol. The molecular weight excluding hydrogens is 514 g/mol. The van der Waals surface area contributed by atoms with Gasteiger partial charge in [-0.25, -0.2) is 13.8 Å². The highest BCUT2D eigenvalue weighted by molar-refractivity contribution is 9.10. The van der Waals surface area contributed by atoms with Crippen LogP contribution in [0.4, 0.5) is 5.69 Å². The van der Waals surface area contributed by atoms with Crippen LogP contribution in [-0.4, -0.2) is 26.6 Å². The third-order valence-electron chi connectivity index (χ3n) is 4.66. The van der Waals surface area contributed by atoms with Gasteiger partial charge < -0.3 is 0 Å². The second kappa shape index (κ2) is 10.3. The smallest absolute Gasteiger partial charge is 0.264 e. The van der Waals surface area contributed by atoms with Gasteiger partial charge >= 0.3 is 0 Å². The van der Waals surface area contributed by atoms with Crippen molar-refractivity contribution in [2.75, 3.05) is 10.8 Å². The number of rotatable bonds is 7. The zero-order valence-corrected chi connectivity index (χ0v) is 20.6. The Labute approximate surface area is 201 Å². The Hall–Kier alpha value is -2.68. The van der Waals surface area contributed by atoms with E-state index in [1.165, 1.54) is 12.1 Å². The number of halogens is 2. The lowest BCUT2D eigenvalue weighted by atomic mass is 10.1. The second-order valence-electron chi connectivity index (χ2n) is 6.99. The van der Waals surface area contributed by atoms with Crippen LogP contribution in [0.2, 0.25) is 5.02 Å². The molecule has 0 fully saturated rings. The van der Waals surface area contributed by atoms with Gasteiger partial charge in [0.1, 0.15) is 6.54 Å². The standard InChI is InChI=1S/C23H21BrClN3O3S/c1-16-14-20(25)12-13-22(16)28(32(30,31)21-6-4-3-5-7-21)15-23(29)27-26-17(2)18-8-10-19(24)11-9-18/h3-14H,15H2,1-2H3,(H,27,29)/b26-17-. The number of sulfonamides is 1. The van der Waals surface area contributed by atoms with Crippen molar-refractivity contribution in [1.29, 1.82) is 0 Å². The van der Waals surface area contributed by atoms with E-state index in [4.69, 9.17) is 11.6 Å². The summed E-state index contributed by atoms with van der Waals surface area (Å²) < 4.78 is 28.7. The minimum Gasteiger partial charge on any atom is -0.271 e. The number of amides is 1. The van der Waals surface area contributed by atoms with Crippen molar-refractivity contribution in [3.05, 3.63) is 93.4 Å². The Morgan fingerprint density at radius 3 is 2.34 bits per heavy atom. The van der Waals surface area contributed by atoms with Gasteiger partial charge in [-0.2, -0.15) is 5.10 Å². The Balaban J connectivity index is 1.89. The molecule has 0 unspecified atom stereocenters. The number of anilines is 1. The summed E-state index contributed by atoms with van der Waals surface area (Å²) in [7, 11) is -4.00. The van der Waals surface area contributed by atoms with Gasteiger partial charge in [-0.05, 0) is 67.4 Å². The molecule has 0 heterocycles. The van der Waals surface area contributed by atoms with Crippen molar-refractivity contribution in [3.8, 4) is 0 Å². The zero-order chi connectivity index (χ0) is 23.3. The molecule has 3 aromatic rings. The summed E-state index contributed by atoms with van der Waals surface area (Å²) in [5.74, 6) is -0.574. The molecule has 32 heavy (non-hydrogen) atoms. The van der Waals surface area contributed by atoms with Crippen molar-refractivity contribution < 1.29 is 13.2 Å². The van der Waals surface area contributed by atoms with E-state index in [2.05, 4.69) is 26.5 Å². The first-order valence-corrected chi connectivity index (χ1v) is 12.2. The number of nitrogens with zero attached hydrogens (tertiary/aromatic N) is 2. The van der Waals surface area contributed by atoms with Crippen LogP contribution in [0, 0.1) is 6.92 Å². The molecule has 1 N–H and O–H groups in total. The summed E-state index contributed by atoms with van der Waals surface area (Å²) in [5.41, 5.74) is 4.86. The normalized spacial score (nSPS) is 11.8. The van der Waals surface area contributed by atoms with Crippen molar-refractivity contribution in [3.63, 3.8) is 0 Å². The van der Waals surface area contributed by atoms with Gasteiger partial charge in [0.25, 0.3) is 15.9 Å². The number of carbonyl (C=O) groups is 1.